The van der Waals surface area contributed by atoms with Crippen LogP contribution in [0, 0.1) is 0 Å². The van der Waals surface area contributed by atoms with Crippen LogP contribution in [-0.4, -0.2) is 14.2 Å². The first kappa shape index (κ1) is 11.1. The molecule has 0 saturated heterocycles. The number of halogens is 1. The van der Waals surface area contributed by atoms with Gasteiger partial charge in [-0.3, -0.25) is 0 Å². The monoisotopic (exact) mass is 215 g/mol. The van der Waals surface area contributed by atoms with Crippen molar-refractivity contribution in [2.24, 2.45) is 5.73 Å². The van der Waals surface area contributed by atoms with Crippen molar-refractivity contribution in [1.29, 1.82) is 0 Å². The Morgan fingerprint density at radius 2 is 1.79 bits per heavy atom. The van der Waals surface area contributed by atoms with Crippen molar-refractivity contribution in [2.45, 2.75) is 13.0 Å². The van der Waals surface area contributed by atoms with Gasteiger partial charge in [0.05, 0.1) is 19.2 Å². The van der Waals surface area contributed by atoms with Gasteiger partial charge in [-0.15, -0.1) is 0 Å². The van der Waals surface area contributed by atoms with E-state index in [1.165, 1.54) is 0 Å². The predicted molar refractivity (Wildman–Crippen MR) is 57.2 cm³/mol. The molecule has 0 aliphatic heterocycles. The first-order valence-electron chi connectivity index (χ1n) is 4.27. The normalized spacial score (nSPS) is 12.4. The van der Waals surface area contributed by atoms with Gasteiger partial charge in [0.1, 0.15) is 0 Å². The zero-order valence-electron chi connectivity index (χ0n) is 8.50. The molecule has 1 unspecified atom stereocenters. The van der Waals surface area contributed by atoms with Gasteiger partial charge in [-0.1, -0.05) is 17.7 Å². The van der Waals surface area contributed by atoms with Crippen LogP contribution in [0.15, 0.2) is 12.1 Å². The van der Waals surface area contributed by atoms with Gasteiger partial charge in [0.25, 0.3) is 0 Å². The minimum absolute atomic E-state index is 0.115. The number of benzene rings is 1. The molecule has 0 amide bonds. The first-order chi connectivity index (χ1) is 6.61. The van der Waals surface area contributed by atoms with Crippen LogP contribution < -0.4 is 15.2 Å². The molecule has 0 radical (unpaired) electrons. The zero-order valence-corrected chi connectivity index (χ0v) is 9.26. The molecule has 1 aromatic rings. The summed E-state index contributed by atoms with van der Waals surface area (Å²) >= 11 is 5.94. The Hall–Kier alpha value is -0.930. The van der Waals surface area contributed by atoms with Crippen molar-refractivity contribution < 1.29 is 9.47 Å². The Bertz CT molecular complexity index is 326. The molecular formula is C10H14ClNO2. The Balaban J connectivity index is 3.33. The van der Waals surface area contributed by atoms with E-state index in [4.69, 9.17) is 26.8 Å². The van der Waals surface area contributed by atoms with Gasteiger partial charge in [-0.05, 0) is 13.0 Å². The van der Waals surface area contributed by atoms with Crippen molar-refractivity contribution >= 4 is 11.6 Å². The number of hydrogen-bond donors (Lipinski definition) is 1. The van der Waals surface area contributed by atoms with E-state index in [0.717, 1.165) is 5.56 Å². The van der Waals surface area contributed by atoms with Crippen LogP contribution in [0.3, 0.4) is 0 Å². The molecule has 2 N–H and O–H groups in total. The molecule has 4 heteroatoms. The van der Waals surface area contributed by atoms with Crippen LogP contribution in [0.4, 0.5) is 0 Å². The van der Waals surface area contributed by atoms with Crippen molar-refractivity contribution in [3.8, 4) is 11.5 Å². The number of hydrogen-bond acceptors (Lipinski definition) is 3. The van der Waals surface area contributed by atoms with Gasteiger partial charge < -0.3 is 15.2 Å². The molecule has 0 saturated carbocycles. The SMILES string of the molecule is COc1c(Cl)ccc(C(C)N)c1OC. The summed E-state index contributed by atoms with van der Waals surface area (Å²) in [6.07, 6.45) is 0. The third kappa shape index (κ3) is 1.94. The molecule has 0 spiro atoms. The fraction of sp³-hybridized carbons (Fsp3) is 0.400. The Morgan fingerprint density at radius 3 is 2.21 bits per heavy atom. The van der Waals surface area contributed by atoms with Gasteiger partial charge in [-0.2, -0.15) is 0 Å². The van der Waals surface area contributed by atoms with Crippen LogP contribution >= 0.6 is 11.6 Å². The Kier molecular flexibility index (Phi) is 3.61. The summed E-state index contributed by atoms with van der Waals surface area (Å²) in [4.78, 5) is 0. The molecule has 0 bridgehead atoms. The summed E-state index contributed by atoms with van der Waals surface area (Å²) in [7, 11) is 3.12. The summed E-state index contributed by atoms with van der Waals surface area (Å²) < 4.78 is 10.4. The summed E-state index contributed by atoms with van der Waals surface area (Å²) in [6.45, 7) is 1.88. The minimum atomic E-state index is -0.115. The van der Waals surface area contributed by atoms with Crippen LogP contribution in [-0.2, 0) is 0 Å². The van der Waals surface area contributed by atoms with Crippen molar-refractivity contribution in [2.75, 3.05) is 14.2 Å². The van der Waals surface area contributed by atoms with E-state index < -0.39 is 0 Å². The largest absolute Gasteiger partial charge is 0.492 e. The lowest BCUT2D eigenvalue weighted by Crippen LogP contribution is -2.07. The smallest absolute Gasteiger partial charge is 0.179 e. The summed E-state index contributed by atoms with van der Waals surface area (Å²) in [5.41, 5.74) is 6.67. The molecule has 0 aliphatic rings. The maximum atomic E-state index is 5.94. The van der Waals surface area contributed by atoms with E-state index in [2.05, 4.69) is 0 Å². The maximum absolute atomic E-state index is 5.94. The zero-order chi connectivity index (χ0) is 10.7. The van der Waals surface area contributed by atoms with E-state index in [0.29, 0.717) is 16.5 Å². The maximum Gasteiger partial charge on any atom is 0.179 e. The standard InChI is InChI=1S/C10H14ClNO2/c1-6(12)7-4-5-8(11)10(14-3)9(7)13-2/h4-6H,12H2,1-3H3. The predicted octanol–water partition coefficient (Wildman–Crippen LogP) is 2.38. The van der Waals surface area contributed by atoms with Gasteiger partial charge >= 0.3 is 0 Å². The molecule has 0 fully saturated rings. The summed E-state index contributed by atoms with van der Waals surface area (Å²) in [5, 5.41) is 0.522. The van der Waals surface area contributed by atoms with Crippen LogP contribution in [0.25, 0.3) is 0 Å². The average molecular weight is 216 g/mol. The quantitative estimate of drug-likeness (QED) is 0.842. The molecule has 1 atom stereocenters. The van der Waals surface area contributed by atoms with E-state index in [9.17, 15) is 0 Å². The number of rotatable bonds is 3. The van der Waals surface area contributed by atoms with Crippen molar-refractivity contribution in [3.05, 3.63) is 22.7 Å². The highest BCUT2D eigenvalue weighted by Gasteiger charge is 2.15. The molecule has 1 aromatic carbocycles. The molecular weight excluding hydrogens is 202 g/mol. The number of nitrogens with two attached hydrogens (primary N) is 1. The molecule has 14 heavy (non-hydrogen) atoms. The highest BCUT2D eigenvalue weighted by atomic mass is 35.5. The lowest BCUT2D eigenvalue weighted by atomic mass is 10.1. The highest BCUT2D eigenvalue weighted by molar-refractivity contribution is 6.32. The molecule has 3 nitrogen and oxygen atoms in total. The lowest BCUT2D eigenvalue weighted by molar-refractivity contribution is 0.350. The lowest BCUT2D eigenvalue weighted by Gasteiger charge is -2.15. The third-order valence-corrected chi connectivity index (χ3v) is 2.29. The highest BCUT2D eigenvalue weighted by Crippen LogP contribution is 2.39. The van der Waals surface area contributed by atoms with Crippen LogP contribution in [0.1, 0.15) is 18.5 Å². The molecule has 78 valence electrons. The first-order valence-corrected chi connectivity index (χ1v) is 4.65. The number of ether oxygens (including phenoxy) is 2. The second-order valence-corrected chi connectivity index (χ2v) is 3.40. The second-order valence-electron chi connectivity index (χ2n) is 2.99. The summed E-state index contributed by atoms with van der Waals surface area (Å²) in [6, 6.07) is 3.48. The van der Waals surface area contributed by atoms with Gasteiger partial charge in [0.2, 0.25) is 0 Å². The van der Waals surface area contributed by atoms with Crippen molar-refractivity contribution in [3.63, 3.8) is 0 Å². The fourth-order valence-electron chi connectivity index (χ4n) is 1.31. The van der Waals surface area contributed by atoms with Gasteiger partial charge in [-0.25, -0.2) is 0 Å². The average Bonchev–Trinajstić information content (AvgIpc) is 2.16. The minimum Gasteiger partial charge on any atom is -0.492 e. The van der Waals surface area contributed by atoms with Crippen molar-refractivity contribution in [1.82, 2.24) is 0 Å². The van der Waals surface area contributed by atoms with Crippen LogP contribution in [0.2, 0.25) is 5.02 Å². The molecule has 0 heterocycles. The fourth-order valence-corrected chi connectivity index (χ4v) is 1.54. The van der Waals surface area contributed by atoms with E-state index in [1.54, 1.807) is 20.3 Å². The molecule has 0 aromatic heterocycles. The van der Waals surface area contributed by atoms with E-state index >= 15 is 0 Å². The summed E-state index contributed by atoms with van der Waals surface area (Å²) in [5.74, 6) is 1.14. The van der Waals surface area contributed by atoms with E-state index in [-0.39, 0.29) is 6.04 Å². The number of methoxy groups -OCH3 is 2. The molecule has 1 rings (SSSR count). The second kappa shape index (κ2) is 4.53. The van der Waals surface area contributed by atoms with Gasteiger partial charge in [0.15, 0.2) is 11.5 Å². The third-order valence-electron chi connectivity index (χ3n) is 1.99. The van der Waals surface area contributed by atoms with Gasteiger partial charge in [0, 0.05) is 11.6 Å². The van der Waals surface area contributed by atoms with E-state index in [1.807, 2.05) is 13.0 Å². The Labute approximate surface area is 88.8 Å². The Morgan fingerprint density at radius 1 is 1.21 bits per heavy atom. The molecule has 0 aliphatic carbocycles. The topological polar surface area (TPSA) is 44.5 Å². The van der Waals surface area contributed by atoms with Crippen LogP contribution in [0.5, 0.6) is 11.5 Å².